The van der Waals surface area contributed by atoms with Gasteiger partial charge < -0.3 is 19.9 Å². The SMILES string of the molecule is O=CNCCn1ccc2ncnc(Nc3ccc(Oc4cccc5sncc45)c(Br)c3)c21. The molecule has 0 spiro atoms. The van der Waals surface area contributed by atoms with Crippen molar-refractivity contribution < 1.29 is 9.53 Å². The zero-order valence-electron chi connectivity index (χ0n) is 16.7. The maximum Gasteiger partial charge on any atom is 0.207 e. The number of halogens is 1. The number of rotatable bonds is 8. The van der Waals surface area contributed by atoms with Crippen LogP contribution in [0.4, 0.5) is 11.5 Å². The van der Waals surface area contributed by atoms with Gasteiger partial charge in [0.2, 0.25) is 6.41 Å². The fourth-order valence-corrected chi connectivity index (χ4v) is 4.55. The highest BCUT2D eigenvalue weighted by Crippen LogP contribution is 2.36. The molecule has 2 N–H and O–H groups in total. The molecular formula is C22H17BrN6O2S. The number of nitrogens with one attached hydrogen (secondary N) is 2. The van der Waals surface area contributed by atoms with Gasteiger partial charge in [0.05, 0.1) is 26.3 Å². The Balaban J connectivity index is 1.40. The monoisotopic (exact) mass is 508 g/mol. The van der Waals surface area contributed by atoms with E-state index in [4.69, 9.17) is 4.74 Å². The third kappa shape index (κ3) is 4.02. The topological polar surface area (TPSA) is 94.0 Å². The van der Waals surface area contributed by atoms with Gasteiger partial charge in [0.15, 0.2) is 5.82 Å². The molecular weight excluding hydrogens is 492 g/mol. The fourth-order valence-electron chi connectivity index (χ4n) is 3.43. The molecule has 1 amide bonds. The average Bonchev–Trinajstić information content (AvgIpc) is 3.44. The Morgan fingerprint density at radius 2 is 2.09 bits per heavy atom. The molecule has 2 aromatic carbocycles. The van der Waals surface area contributed by atoms with Crippen LogP contribution < -0.4 is 15.4 Å². The molecule has 0 radical (unpaired) electrons. The summed E-state index contributed by atoms with van der Waals surface area (Å²) in [4.78, 5) is 19.3. The van der Waals surface area contributed by atoms with Gasteiger partial charge in [-0.3, -0.25) is 4.79 Å². The predicted octanol–water partition coefficient (Wildman–Crippen LogP) is 5.09. The van der Waals surface area contributed by atoms with E-state index in [0.717, 1.165) is 37.0 Å². The Bertz CT molecular complexity index is 1420. The van der Waals surface area contributed by atoms with Gasteiger partial charge in [-0.05, 0) is 63.9 Å². The smallest absolute Gasteiger partial charge is 0.207 e. The van der Waals surface area contributed by atoms with Crippen LogP contribution in [-0.2, 0) is 11.3 Å². The standard InChI is InChI=1S/C22H17BrN6O2S/c23-16-10-14(4-5-19(16)31-18-2-1-3-20-15(18)11-27-32-20)28-22-21-17(25-12-26-22)6-8-29(21)9-7-24-13-30/h1-6,8,10-13H,7,9H2,(H,24,30)(H,25,26,28). The Morgan fingerprint density at radius 3 is 2.97 bits per heavy atom. The normalized spacial score (nSPS) is 11.0. The molecule has 0 unspecified atom stereocenters. The van der Waals surface area contributed by atoms with E-state index in [1.165, 1.54) is 17.9 Å². The van der Waals surface area contributed by atoms with Crippen molar-refractivity contribution in [3.63, 3.8) is 0 Å². The molecule has 0 aliphatic heterocycles. The summed E-state index contributed by atoms with van der Waals surface area (Å²) in [5, 5.41) is 7.03. The third-order valence-corrected chi connectivity index (χ3v) is 6.29. The highest BCUT2D eigenvalue weighted by Gasteiger charge is 2.12. The van der Waals surface area contributed by atoms with Gasteiger partial charge in [-0.2, -0.15) is 4.37 Å². The molecule has 32 heavy (non-hydrogen) atoms. The Kier molecular flexibility index (Phi) is 5.70. The van der Waals surface area contributed by atoms with Gasteiger partial charge in [0, 0.05) is 25.0 Å². The summed E-state index contributed by atoms with van der Waals surface area (Å²) in [5.74, 6) is 2.14. The van der Waals surface area contributed by atoms with Gasteiger partial charge >= 0.3 is 0 Å². The minimum Gasteiger partial charge on any atom is -0.455 e. The molecule has 5 rings (SSSR count). The highest BCUT2D eigenvalue weighted by atomic mass is 79.9. The molecule has 0 saturated heterocycles. The third-order valence-electron chi connectivity index (χ3n) is 4.90. The van der Waals surface area contributed by atoms with Gasteiger partial charge in [-0.1, -0.05) is 6.07 Å². The van der Waals surface area contributed by atoms with E-state index < -0.39 is 0 Å². The second-order valence-electron chi connectivity index (χ2n) is 6.90. The molecule has 0 fully saturated rings. The molecule has 5 aromatic rings. The largest absolute Gasteiger partial charge is 0.455 e. The van der Waals surface area contributed by atoms with Crippen LogP contribution in [0.3, 0.4) is 0 Å². The number of anilines is 2. The van der Waals surface area contributed by atoms with E-state index in [1.807, 2.05) is 59.4 Å². The lowest BCUT2D eigenvalue weighted by molar-refractivity contribution is -0.109. The molecule has 0 aliphatic carbocycles. The zero-order chi connectivity index (χ0) is 21.9. The van der Waals surface area contributed by atoms with Crippen LogP contribution >= 0.6 is 27.5 Å². The summed E-state index contributed by atoms with van der Waals surface area (Å²) < 4.78 is 14.3. The second-order valence-corrected chi connectivity index (χ2v) is 8.59. The van der Waals surface area contributed by atoms with Crippen molar-refractivity contribution in [1.82, 2.24) is 24.2 Å². The first-order valence-corrected chi connectivity index (χ1v) is 11.3. The quantitative estimate of drug-likeness (QED) is 0.224. The lowest BCUT2D eigenvalue weighted by Crippen LogP contribution is -2.17. The van der Waals surface area contributed by atoms with Gasteiger partial charge in [0.1, 0.15) is 23.3 Å². The summed E-state index contributed by atoms with van der Waals surface area (Å²) in [7, 11) is 0. The van der Waals surface area contributed by atoms with E-state index in [2.05, 4.69) is 40.9 Å². The van der Waals surface area contributed by atoms with Gasteiger partial charge in [-0.15, -0.1) is 0 Å². The molecule has 10 heteroatoms. The van der Waals surface area contributed by atoms with Crippen LogP contribution in [0, 0.1) is 0 Å². The van der Waals surface area contributed by atoms with Gasteiger partial charge in [-0.25, -0.2) is 9.97 Å². The highest BCUT2D eigenvalue weighted by molar-refractivity contribution is 9.10. The Hall–Kier alpha value is -3.50. The lowest BCUT2D eigenvalue weighted by Gasteiger charge is -2.13. The molecule has 0 saturated carbocycles. The summed E-state index contributed by atoms with van der Waals surface area (Å²) in [6.45, 7) is 1.13. The lowest BCUT2D eigenvalue weighted by atomic mass is 10.2. The van der Waals surface area contributed by atoms with Crippen molar-refractivity contribution in [1.29, 1.82) is 0 Å². The summed E-state index contributed by atoms with van der Waals surface area (Å²) in [5.41, 5.74) is 2.54. The maximum atomic E-state index is 10.6. The fraction of sp³-hybridized carbons (Fsp3) is 0.0909. The molecule has 3 heterocycles. The van der Waals surface area contributed by atoms with Crippen LogP contribution in [0.25, 0.3) is 21.1 Å². The molecule has 8 nitrogen and oxygen atoms in total. The van der Waals surface area contributed by atoms with Crippen LogP contribution in [0.2, 0.25) is 0 Å². The van der Waals surface area contributed by atoms with Crippen LogP contribution in [0.5, 0.6) is 11.5 Å². The Labute approximate surface area is 195 Å². The minimum atomic E-state index is 0.519. The van der Waals surface area contributed by atoms with Crippen LogP contribution in [0.15, 0.2) is 65.7 Å². The molecule has 160 valence electrons. The number of aromatic nitrogens is 4. The Morgan fingerprint density at radius 1 is 1.16 bits per heavy atom. The number of hydrogen-bond acceptors (Lipinski definition) is 7. The number of carbonyl (C=O) groups excluding carboxylic acids is 1. The molecule has 0 aliphatic rings. The average molecular weight is 509 g/mol. The number of fused-ring (bicyclic) bond motifs is 2. The molecule has 0 bridgehead atoms. The van der Waals surface area contributed by atoms with Crippen molar-refractivity contribution >= 4 is 66.5 Å². The van der Waals surface area contributed by atoms with Crippen molar-refractivity contribution in [2.45, 2.75) is 6.54 Å². The first kappa shape index (κ1) is 20.4. The van der Waals surface area contributed by atoms with Crippen LogP contribution in [-0.4, -0.2) is 31.9 Å². The maximum absolute atomic E-state index is 10.6. The minimum absolute atomic E-state index is 0.519. The zero-order valence-corrected chi connectivity index (χ0v) is 19.1. The first-order valence-electron chi connectivity index (χ1n) is 9.77. The number of nitrogens with zero attached hydrogens (tertiary/aromatic N) is 4. The van der Waals surface area contributed by atoms with Crippen molar-refractivity contribution in [3.05, 3.63) is 65.7 Å². The van der Waals surface area contributed by atoms with Gasteiger partial charge in [0.25, 0.3) is 0 Å². The summed E-state index contributed by atoms with van der Waals surface area (Å²) in [6.07, 6.45) is 5.97. The van der Waals surface area contributed by atoms with Crippen molar-refractivity contribution in [2.75, 3.05) is 11.9 Å². The number of amides is 1. The predicted molar refractivity (Wildman–Crippen MR) is 129 cm³/mol. The second kappa shape index (κ2) is 8.93. The van der Waals surface area contributed by atoms with E-state index in [-0.39, 0.29) is 0 Å². The first-order chi connectivity index (χ1) is 15.7. The van der Waals surface area contributed by atoms with E-state index in [0.29, 0.717) is 31.1 Å². The van der Waals surface area contributed by atoms with Crippen LogP contribution in [0.1, 0.15) is 0 Å². The molecule has 0 atom stereocenters. The number of hydrogen-bond donors (Lipinski definition) is 2. The number of ether oxygens (including phenoxy) is 1. The summed E-state index contributed by atoms with van der Waals surface area (Å²) >= 11 is 5.06. The van der Waals surface area contributed by atoms with Crippen molar-refractivity contribution in [2.24, 2.45) is 0 Å². The van der Waals surface area contributed by atoms with E-state index >= 15 is 0 Å². The summed E-state index contributed by atoms with van der Waals surface area (Å²) in [6, 6.07) is 13.6. The van der Waals surface area contributed by atoms with E-state index in [9.17, 15) is 4.79 Å². The van der Waals surface area contributed by atoms with E-state index in [1.54, 1.807) is 0 Å². The number of benzene rings is 2. The van der Waals surface area contributed by atoms with Crippen molar-refractivity contribution in [3.8, 4) is 11.5 Å². The number of carbonyl (C=O) groups is 1. The molecule has 3 aromatic heterocycles.